The van der Waals surface area contributed by atoms with Gasteiger partial charge >= 0.3 is 17.6 Å². The third-order valence-corrected chi connectivity index (χ3v) is 7.55. The molecule has 2 fully saturated rings. The molecule has 0 spiro atoms. The summed E-state index contributed by atoms with van der Waals surface area (Å²) in [5.41, 5.74) is -2.71. The molecule has 1 aromatic carbocycles. The Morgan fingerprint density at radius 3 is 2.31 bits per heavy atom. The first-order valence-electron chi connectivity index (χ1n) is 11.8. The summed E-state index contributed by atoms with van der Waals surface area (Å²) in [5, 5.41) is 3.15. The molecule has 0 aromatic heterocycles. The third kappa shape index (κ3) is 6.81. The number of alkyl halides is 6. The van der Waals surface area contributed by atoms with Crippen molar-refractivity contribution in [3.8, 4) is 0 Å². The molecule has 1 amide bonds. The molecule has 1 saturated heterocycles. The van der Waals surface area contributed by atoms with Gasteiger partial charge in [-0.05, 0) is 74.1 Å². The van der Waals surface area contributed by atoms with Crippen LogP contribution in [0, 0.1) is 5.92 Å². The van der Waals surface area contributed by atoms with Gasteiger partial charge < -0.3 is 5.32 Å². The summed E-state index contributed by atoms with van der Waals surface area (Å²) in [6, 6.07) is 2.14. The highest BCUT2D eigenvalue weighted by Gasteiger charge is 2.38. The zero-order chi connectivity index (χ0) is 25.2. The molecule has 0 unspecified atom stereocenters. The van der Waals surface area contributed by atoms with Gasteiger partial charge in [-0.25, -0.2) is 0 Å². The van der Waals surface area contributed by atoms with Crippen LogP contribution < -0.4 is 5.32 Å². The molecule has 1 aromatic rings. The maximum Gasteiger partial charge on any atom is 0.416 e. The minimum absolute atomic E-state index is 0.0700. The lowest BCUT2D eigenvalue weighted by Gasteiger charge is -2.32. The van der Waals surface area contributed by atoms with Crippen LogP contribution in [0.3, 0.4) is 0 Å². The van der Waals surface area contributed by atoms with Crippen LogP contribution in [-0.2, 0) is 18.9 Å². The number of hydrogen-bond acceptors (Lipinski definition) is 4. The summed E-state index contributed by atoms with van der Waals surface area (Å²) in [5.74, 6) is 0.765. The van der Waals surface area contributed by atoms with Crippen LogP contribution in [0.5, 0.6) is 0 Å². The second-order valence-corrected chi connectivity index (χ2v) is 10.3. The van der Waals surface area contributed by atoms with E-state index in [0.717, 1.165) is 48.4 Å². The molecule has 0 radical (unpaired) electrons. The van der Waals surface area contributed by atoms with Gasteiger partial charge in [0.15, 0.2) is 0 Å². The highest BCUT2D eigenvalue weighted by atomic mass is 32.2. The molecule has 35 heavy (non-hydrogen) atoms. The Kier molecular flexibility index (Phi) is 7.85. The summed E-state index contributed by atoms with van der Waals surface area (Å²) in [6.07, 6.45) is -0.701. The number of thioether (sulfide) groups is 1. The van der Waals surface area contributed by atoms with Gasteiger partial charge in [0, 0.05) is 12.6 Å². The van der Waals surface area contributed by atoms with Gasteiger partial charge in [-0.2, -0.15) is 31.3 Å². The van der Waals surface area contributed by atoms with E-state index in [0.29, 0.717) is 43.9 Å². The summed E-state index contributed by atoms with van der Waals surface area (Å²) < 4.78 is 79.1. The smallest absolute Gasteiger partial charge is 0.366 e. The zero-order valence-electron chi connectivity index (χ0n) is 19.0. The monoisotopic (exact) mass is 519 g/mol. The van der Waals surface area contributed by atoms with Crippen molar-refractivity contribution in [2.45, 2.75) is 69.9 Å². The van der Waals surface area contributed by atoms with Gasteiger partial charge in [-0.1, -0.05) is 31.4 Å². The van der Waals surface area contributed by atoms with Crippen LogP contribution in [0.15, 0.2) is 34.2 Å². The fourth-order valence-corrected chi connectivity index (χ4v) is 5.64. The number of amidine groups is 1. The highest BCUT2D eigenvalue weighted by Crippen LogP contribution is 2.38. The van der Waals surface area contributed by atoms with Crippen molar-refractivity contribution in [3.05, 3.63) is 45.9 Å². The fourth-order valence-electron chi connectivity index (χ4n) is 4.86. The molecule has 192 valence electrons. The number of nitrogens with one attached hydrogen (secondary N) is 1. The second-order valence-electron chi connectivity index (χ2n) is 9.32. The van der Waals surface area contributed by atoms with E-state index in [2.05, 4.69) is 10.3 Å². The predicted octanol–water partition coefficient (Wildman–Crippen LogP) is 7.01. The van der Waals surface area contributed by atoms with E-state index in [1.165, 1.54) is 6.42 Å². The maximum atomic E-state index is 13.5. The molecule has 2 heterocycles. The van der Waals surface area contributed by atoms with Gasteiger partial charge in [0.25, 0.3) is 0 Å². The van der Waals surface area contributed by atoms with E-state index in [9.17, 15) is 31.1 Å². The lowest BCUT2D eigenvalue weighted by molar-refractivity contribution is -0.143. The molecule has 2 aliphatic heterocycles. The number of amides is 1. The maximum absolute atomic E-state index is 13.5. The van der Waals surface area contributed by atoms with Crippen LogP contribution in [0.2, 0.25) is 0 Å². The van der Waals surface area contributed by atoms with Crippen molar-refractivity contribution in [2.75, 3.05) is 13.1 Å². The summed E-state index contributed by atoms with van der Waals surface area (Å²) in [6.45, 7) is 0.946. The van der Waals surface area contributed by atoms with Crippen molar-refractivity contribution < 1.29 is 31.1 Å². The molecule has 0 atom stereocenters. The van der Waals surface area contributed by atoms with Gasteiger partial charge in [0.2, 0.25) is 0 Å². The summed E-state index contributed by atoms with van der Waals surface area (Å²) in [7, 11) is 0. The first-order chi connectivity index (χ1) is 16.5. The molecule has 4 rings (SSSR count). The molecule has 4 nitrogen and oxygen atoms in total. The van der Waals surface area contributed by atoms with E-state index >= 15 is 0 Å². The Morgan fingerprint density at radius 1 is 1.00 bits per heavy atom. The lowest BCUT2D eigenvalue weighted by Crippen LogP contribution is -2.36. The van der Waals surface area contributed by atoms with Crippen molar-refractivity contribution in [3.63, 3.8) is 0 Å². The minimum atomic E-state index is -4.87. The van der Waals surface area contributed by atoms with E-state index in [1.807, 2.05) is 11.0 Å². The predicted molar refractivity (Wildman–Crippen MR) is 123 cm³/mol. The minimum Gasteiger partial charge on any atom is -0.366 e. The van der Waals surface area contributed by atoms with Gasteiger partial charge in [0.05, 0.1) is 16.0 Å². The van der Waals surface area contributed by atoms with Gasteiger partial charge in [-0.3, -0.25) is 9.69 Å². The standard InChI is InChI=1S/C24H27F6N3OS/c25-23(26,27)17-7-6-16(19(13-17)24(28,29)30)14-33-10-8-15(9-11-33)12-20-21(32-22(34)35-20)31-18-4-2-1-3-5-18/h6-7,12-13,15,18H,1-5,8-11,14H2,(H,31,32,34). The Morgan fingerprint density at radius 2 is 1.69 bits per heavy atom. The highest BCUT2D eigenvalue weighted by molar-refractivity contribution is 8.18. The first kappa shape index (κ1) is 26.1. The average molecular weight is 520 g/mol. The van der Waals surface area contributed by atoms with E-state index in [1.54, 1.807) is 0 Å². The van der Waals surface area contributed by atoms with Crippen LogP contribution in [0.25, 0.3) is 0 Å². The van der Waals surface area contributed by atoms with Crippen molar-refractivity contribution >= 4 is 22.8 Å². The number of aliphatic imine (C=N–C) groups is 1. The van der Waals surface area contributed by atoms with Crippen molar-refractivity contribution in [2.24, 2.45) is 10.9 Å². The number of carbonyl (C=O) groups is 1. The Hall–Kier alpha value is -2.01. The van der Waals surface area contributed by atoms with Crippen LogP contribution in [-0.4, -0.2) is 35.1 Å². The molecular weight excluding hydrogens is 492 g/mol. The normalized spacial score (nSPS) is 22.6. The third-order valence-electron chi connectivity index (χ3n) is 6.74. The van der Waals surface area contributed by atoms with E-state index in [4.69, 9.17) is 0 Å². The number of carbonyl (C=O) groups excluding carboxylic acids is 1. The number of hydrogen-bond donors (Lipinski definition) is 1. The molecule has 1 saturated carbocycles. The largest absolute Gasteiger partial charge is 0.416 e. The number of rotatable bonds is 4. The SMILES string of the molecule is O=C1N=C(NC2CCCCC2)C(=CC2CCN(Cc3ccc(C(F)(F)F)cc3C(F)(F)F)CC2)S1. The molecule has 1 N–H and O–H groups in total. The summed E-state index contributed by atoms with van der Waals surface area (Å²) in [4.78, 5) is 18.7. The molecule has 3 aliphatic rings. The Bertz CT molecular complexity index is 990. The Labute approximate surface area is 204 Å². The average Bonchev–Trinajstić information content (AvgIpc) is 3.13. The van der Waals surface area contributed by atoms with Crippen molar-refractivity contribution in [1.82, 2.24) is 10.2 Å². The fraction of sp³-hybridized carbons (Fsp3) is 0.583. The van der Waals surface area contributed by atoms with Gasteiger partial charge in [0.1, 0.15) is 5.84 Å². The molecule has 11 heteroatoms. The number of halogens is 6. The number of nitrogens with zero attached hydrogens (tertiary/aromatic N) is 2. The van der Waals surface area contributed by atoms with E-state index in [-0.39, 0.29) is 29.3 Å². The quantitative estimate of drug-likeness (QED) is 0.435. The molecule has 0 bridgehead atoms. The number of likely N-dealkylation sites (tertiary alicyclic amines) is 1. The molecule has 1 aliphatic carbocycles. The van der Waals surface area contributed by atoms with Gasteiger partial charge in [-0.15, -0.1) is 0 Å². The Balaban J connectivity index is 1.38. The van der Waals surface area contributed by atoms with Crippen molar-refractivity contribution in [1.29, 1.82) is 0 Å². The van der Waals surface area contributed by atoms with Crippen LogP contribution in [0.1, 0.15) is 61.6 Å². The lowest BCUT2D eigenvalue weighted by atomic mass is 9.94. The second kappa shape index (κ2) is 10.5. The zero-order valence-corrected chi connectivity index (χ0v) is 19.8. The molecular formula is C24H27F6N3OS. The first-order valence-corrected chi connectivity index (χ1v) is 12.6. The number of piperidine rings is 1. The van der Waals surface area contributed by atoms with Crippen LogP contribution >= 0.6 is 11.8 Å². The number of benzene rings is 1. The van der Waals surface area contributed by atoms with E-state index < -0.39 is 23.5 Å². The van der Waals surface area contributed by atoms with Crippen LogP contribution in [0.4, 0.5) is 31.1 Å². The summed E-state index contributed by atoms with van der Waals surface area (Å²) >= 11 is 1.09. The topological polar surface area (TPSA) is 44.7 Å². The number of allylic oxidation sites excluding steroid dienone is 1.